The van der Waals surface area contributed by atoms with Crippen molar-refractivity contribution in [2.24, 2.45) is 40.1 Å². The first-order valence-corrected chi connectivity index (χ1v) is 29.9. The summed E-state index contributed by atoms with van der Waals surface area (Å²) in [7, 11) is 1.62. The second-order valence-electron chi connectivity index (χ2n) is 22.8. The minimum absolute atomic E-state index is 0.00403. The van der Waals surface area contributed by atoms with Crippen molar-refractivity contribution in [3.8, 4) is 0 Å². The largest absolute Gasteiger partial charge is 0.458 e. The van der Waals surface area contributed by atoms with Crippen LogP contribution in [-0.2, 0) is 68.7 Å². The lowest BCUT2D eigenvalue weighted by Crippen LogP contribution is -2.63. The van der Waals surface area contributed by atoms with Gasteiger partial charge in [0.15, 0.2) is 5.96 Å². The monoisotopic (exact) mass is 1230 g/mol. The summed E-state index contributed by atoms with van der Waals surface area (Å²) < 4.78 is 5.73. The highest BCUT2D eigenvalue weighted by molar-refractivity contribution is 5.99. The topological polar surface area (TPSA) is 443 Å². The number of hydrogen-bond acceptors (Lipinski definition) is 18. The van der Waals surface area contributed by atoms with Crippen molar-refractivity contribution in [3.63, 3.8) is 0 Å². The number of hydrogen-bond donors (Lipinski definition) is 15. The summed E-state index contributed by atoms with van der Waals surface area (Å²) in [5.41, 5.74) is 12.1. The number of amides is 11. The summed E-state index contributed by atoms with van der Waals surface area (Å²) in [5.74, 6) is -12.3. The number of nitrogens with two attached hydrogens (primary N) is 2. The summed E-state index contributed by atoms with van der Waals surface area (Å²) >= 11 is 0. The standard InChI is InChI=1S/C58H95N15O14/c1-13-28(5)42(70-50(79)38(61-12)24-35-20-18-17-19-21-35)53(82)63-32(9)47(76)66-37(22-23-41(59)75)49(78)69-44(30(7)15-3)55(84)71-43(29(6)14-2)54(83)68-40(27-74)52(81)73-46-34(11)87-57(86)45(31(8)16-4)72-51(80)39(25-36-26-62-58(60)65-36)67-48(77)33(10)64-56(46)85/h17-21,28-34,36-40,42-46,61,74H,13-16,22-27H2,1-12H3,(H2,59,75)(H,63,82)(H,64,85)(H,66,76)(H,67,77)(H,68,83)(H,69,78)(H,70,79)(H,71,84)(H,72,80)(H,73,81)(H3,60,62,65)/t28-,29-,30-,31-,32-,33-,34-,36-,37+,38+,39-,40-,42-,43-,44+,45-,46+/m0/s1. The molecule has 0 radical (unpaired) electrons. The summed E-state index contributed by atoms with van der Waals surface area (Å²) in [5, 5.41) is 42.3. The lowest BCUT2D eigenvalue weighted by Gasteiger charge is -2.31. The van der Waals surface area contributed by atoms with Crippen molar-refractivity contribution >= 4 is 76.9 Å². The number of esters is 1. The quantitative estimate of drug-likeness (QED) is 0.0325. The van der Waals surface area contributed by atoms with E-state index in [0.29, 0.717) is 25.7 Å². The number of carbonyl (C=O) groups is 12. The van der Waals surface area contributed by atoms with E-state index in [2.05, 4.69) is 68.8 Å². The average Bonchev–Trinajstić information content (AvgIpc) is 3.34. The van der Waals surface area contributed by atoms with Crippen molar-refractivity contribution in [1.82, 2.24) is 63.8 Å². The van der Waals surface area contributed by atoms with Gasteiger partial charge in [0.25, 0.3) is 0 Å². The number of benzene rings is 1. The number of aliphatic hydroxyl groups is 1. The fourth-order valence-electron chi connectivity index (χ4n) is 9.43. The van der Waals surface area contributed by atoms with Crippen LogP contribution in [-0.4, -0.2) is 181 Å². The Hall–Kier alpha value is -7.95. The molecule has 0 saturated carbocycles. The van der Waals surface area contributed by atoms with Crippen LogP contribution in [0.5, 0.6) is 0 Å². The van der Waals surface area contributed by atoms with Gasteiger partial charge in [0.05, 0.1) is 25.2 Å². The molecule has 11 amide bonds. The molecule has 17 N–H and O–H groups in total. The third kappa shape index (κ3) is 22.4. The first-order valence-electron chi connectivity index (χ1n) is 29.9. The van der Waals surface area contributed by atoms with Crippen LogP contribution in [0.3, 0.4) is 0 Å². The molecule has 2 aliphatic heterocycles. The van der Waals surface area contributed by atoms with E-state index in [1.807, 2.05) is 37.3 Å². The molecule has 0 aromatic heterocycles. The average molecular weight is 1230 g/mol. The predicted molar refractivity (Wildman–Crippen MR) is 321 cm³/mol. The Labute approximate surface area is 508 Å². The van der Waals surface area contributed by atoms with Crippen molar-refractivity contribution in [2.45, 2.75) is 206 Å². The molecule has 1 aromatic carbocycles. The molecule has 0 spiro atoms. The molecule has 3 rings (SSSR count). The zero-order valence-electron chi connectivity index (χ0n) is 52.1. The molecule has 0 aliphatic carbocycles. The van der Waals surface area contributed by atoms with Gasteiger partial charge in [0.1, 0.15) is 66.5 Å². The van der Waals surface area contributed by atoms with E-state index in [9.17, 15) is 62.6 Å². The Bertz CT molecular complexity index is 2590. The second-order valence-corrected chi connectivity index (χ2v) is 22.8. The zero-order chi connectivity index (χ0) is 65.4. The van der Waals surface area contributed by atoms with Gasteiger partial charge in [0.2, 0.25) is 65.0 Å². The third-order valence-electron chi connectivity index (χ3n) is 16.1. The molecule has 2 aliphatic rings. The molecule has 1 saturated heterocycles. The number of ether oxygens (including phenoxy) is 1. The van der Waals surface area contributed by atoms with Gasteiger partial charge < -0.3 is 85.1 Å². The van der Waals surface area contributed by atoms with Crippen LogP contribution in [0, 0.1) is 23.7 Å². The van der Waals surface area contributed by atoms with E-state index in [-0.39, 0.29) is 44.1 Å². The fraction of sp³-hybridized carbons (Fsp3) is 0.672. The molecule has 87 heavy (non-hydrogen) atoms. The maximum atomic E-state index is 14.4. The molecule has 2 heterocycles. The number of rotatable bonds is 31. The van der Waals surface area contributed by atoms with Crippen LogP contribution in [0.15, 0.2) is 35.3 Å². The maximum Gasteiger partial charge on any atom is 0.329 e. The van der Waals surface area contributed by atoms with Gasteiger partial charge in [-0.15, -0.1) is 0 Å². The van der Waals surface area contributed by atoms with Crippen molar-refractivity contribution in [2.75, 3.05) is 20.2 Å². The number of primary amides is 1. The SMILES string of the molecule is CC[C@H](C)[C@H](NC(=O)[C@@H](Cc1ccccc1)NC)C(=O)N[C@@H](C)C(=O)N[C@H](CCC(N)=O)C(=O)N[C@@H](C(=O)N[C@H](C(=O)N[C@@H](CO)C(=O)N[C@H]1C(=O)N[C@@H](C)C(=O)N[C@@H](C[C@H]2CN=C(N)N2)C(=O)N[C@@H]([C@@H](C)CC)C(=O)O[C@H]1C)[C@@H](C)CC)[C@@H](C)CC. The van der Waals surface area contributed by atoms with Gasteiger partial charge >= 0.3 is 5.97 Å². The molecule has 486 valence electrons. The summed E-state index contributed by atoms with van der Waals surface area (Å²) in [6.07, 6.45) is -0.441. The van der Waals surface area contributed by atoms with E-state index in [1.54, 1.807) is 55.5 Å². The molecule has 29 heteroatoms. The summed E-state index contributed by atoms with van der Waals surface area (Å²) in [6.45, 7) is 16.9. The molecule has 17 atom stereocenters. The fourth-order valence-corrected chi connectivity index (χ4v) is 9.43. The van der Waals surface area contributed by atoms with Crippen LogP contribution in [0.2, 0.25) is 0 Å². The van der Waals surface area contributed by atoms with Gasteiger partial charge in [-0.1, -0.05) is 111 Å². The predicted octanol–water partition coefficient (Wildman–Crippen LogP) is -3.23. The third-order valence-corrected chi connectivity index (χ3v) is 16.1. The first kappa shape index (κ1) is 73.3. The second kappa shape index (κ2) is 35.6. The number of cyclic esters (lactones) is 1. The molecule has 0 unspecified atom stereocenters. The number of aliphatic imine (C=N–C) groups is 1. The highest BCUT2D eigenvalue weighted by Gasteiger charge is 2.41. The number of aliphatic hydroxyl groups excluding tert-OH is 1. The van der Waals surface area contributed by atoms with E-state index < -0.39 is 174 Å². The summed E-state index contributed by atoms with van der Waals surface area (Å²) in [4.78, 5) is 169. The molecule has 0 bridgehead atoms. The maximum absolute atomic E-state index is 14.4. The number of nitrogens with one attached hydrogen (secondary N) is 12. The number of nitrogens with zero attached hydrogens (tertiary/aromatic N) is 1. The van der Waals surface area contributed by atoms with Crippen LogP contribution in [0.25, 0.3) is 0 Å². The van der Waals surface area contributed by atoms with Crippen molar-refractivity contribution < 1.29 is 67.4 Å². The van der Waals surface area contributed by atoms with Crippen LogP contribution in [0.1, 0.15) is 127 Å². The normalized spacial score (nSPS) is 22.8. The zero-order valence-corrected chi connectivity index (χ0v) is 52.1. The van der Waals surface area contributed by atoms with Crippen LogP contribution >= 0.6 is 0 Å². The van der Waals surface area contributed by atoms with Gasteiger partial charge in [-0.2, -0.15) is 0 Å². The molecule has 1 fully saturated rings. The van der Waals surface area contributed by atoms with Crippen LogP contribution < -0.4 is 75.3 Å². The Morgan fingerprint density at radius 2 is 1.17 bits per heavy atom. The number of guanidine groups is 1. The first-order chi connectivity index (χ1) is 41.0. The smallest absolute Gasteiger partial charge is 0.329 e. The minimum Gasteiger partial charge on any atom is -0.458 e. The lowest BCUT2D eigenvalue weighted by molar-refractivity contribution is -0.157. The highest BCUT2D eigenvalue weighted by Crippen LogP contribution is 2.18. The van der Waals surface area contributed by atoms with Gasteiger partial charge in [-0.25, -0.2) is 4.79 Å². The van der Waals surface area contributed by atoms with Crippen molar-refractivity contribution in [3.05, 3.63) is 35.9 Å². The van der Waals surface area contributed by atoms with Crippen LogP contribution in [0.4, 0.5) is 0 Å². The molecular weight excluding hydrogens is 1130 g/mol. The van der Waals surface area contributed by atoms with Gasteiger partial charge in [-0.05, 0) is 76.3 Å². The molecule has 1 aromatic rings. The Morgan fingerprint density at radius 3 is 1.68 bits per heavy atom. The van der Waals surface area contributed by atoms with E-state index in [4.69, 9.17) is 16.2 Å². The Kier molecular flexibility index (Phi) is 30.0. The highest BCUT2D eigenvalue weighted by atomic mass is 16.5. The van der Waals surface area contributed by atoms with Gasteiger partial charge in [-0.3, -0.25) is 57.7 Å². The van der Waals surface area contributed by atoms with Crippen molar-refractivity contribution in [1.29, 1.82) is 0 Å². The number of likely N-dealkylation sites (N-methyl/N-ethyl adjacent to an activating group) is 1. The minimum atomic E-state index is -1.81. The molecular formula is C58H95N15O14. The number of carbonyl (C=O) groups excluding carboxylic acids is 12. The molecule has 29 nitrogen and oxygen atoms in total. The van der Waals surface area contributed by atoms with E-state index in [1.165, 1.54) is 20.8 Å². The Morgan fingerprint density at radius 1 is 0.644 bits per heavy atom. The summed E-state index contributed by atoms with van der Waals surface area (Å²) in [6, 6.07) is -5.94. The van der Waals surface area contributed by atoms with E-state index >= 15 is 0 Å². The lowest BCUT2D eigenvalue weighted by atomic mass is 9.94. The van der Waals surface area contributed by atoms with Gasteiger partial charge in [0, 0.05) is 6.42 Å². The Balaban J connectivity index is 1.83. The van der Waals surface area contributed by atoms with E-state index in [0.717, 1.165) is 5.56 Å².